The Kier molecular flexibility index (Phi) is 17.5. The van der Waals surface area contributed by atoms with Crippen LogP contribution < -0.4 is 0 Å². The molecule has 0 saturated carbocycles. The van der Waals surface area contributed by atoms with Crippen molar-refractivity contribution in [2.24, 2.45) is 0 Å². The first-order chi connectivity index (χ1) is 14.3. The minimum Gasteiger partial charge on any atom is -0.465 e. The van der Waals surface area contributed by atoms with Crippen LogP contribution in [0.4, 0.5) is 0 Å². The van der Waals surface area contributed by atoms with Crippen LogP contribution in [0.5, 0.6) is 0 Å². The molecule has 0 bridgehead atoms. The zero-order valence-electron chi connectivity index (χ0n) is 18.5. The van der Waals surface area contributed by atoms with E-state index in [0.29, 0.717) is 12.8 Å². The Balaban J connectivity index is 3.89. The van der Waals surface area contributed by atoms with Gasteiger partial charge < -0.3 is 9.47 Å². The fourth-order valence-corrected chi connectivity index (χ4v) is 3.64. The number of carbonyl (C=O) groups excluding carboxylic acids is 2. The lowest BCUT2D eigenvalue weighted by Crippen LogP contribution is -2.34. The maximum atomic E-state index is 12.0. The van der Waals surface area contributed by atoms with Crippen LogP contribution in [0.2, 0.25) is 0 Å². The molecule has 0 aromatic rings. The van der Waals surface area contributed by atoms with Crippen LogP contribution in [0, 0.1) is 0 Å². The summed E-state index contributed by atoms with van der Waals surface area (Å²) in [5.41, 5.74) is 0. The second-order valence-electron chi connectivity index (χ2n) is 7.56. The molecule has 0 aliphatic carbocycles. The standard InChI is InChI=1S/C22H40O7S/c1-3-5-7-8-9-10-11-12-13-14-15-16-18-29-22(24)20(30(25,26)27)19-21(23)28-17-6-4-2/h4,20H,2-3,5-19H2,1H3,(H,25,26,27). The van der Waals surface area contributed by atoms with Gasteiger partial charge in [-0.2, -0.15) is 8.42 Å². The summed E-state index contributed by atoms with van der Waals surface area (Å²) in [5.74, 6) is -2.01. The van der Waals surface area contributed by atoms with Crippen molar-refractivity contribution in [2.45, 2.75) is 102 Å². The van der Waals surface area contributed by atoms with E-state index in [4.69, 9.17) is 9.47 Å². The first-order valence-corrected chi connectivity index (χ1v) is 12.7. The smallest absolute Gasteiger partial charge is 0.327 e. The molecule has 8 heteroatoms. The molecule has 0 amide bonds. The molecule has 1 unspecified atom stereocenters. The molecule has 1 N–H and O–H groups in total. The van der Waals surface area contributed by atoms with E-state index in [1.54, 1.807) is 0 Å². The molecular weight excluding hydrogens is 408 g/mol. The van der Waals surface area contributed by atoms with E-state index < -0.39 is 33.7 Å². The predicted molar refractivity (Wildman–Crippen MR) is 118 cm³/mol. The second-order valence-corrected chi connectivity index (χ2v) is 9.16. The monoisotopic (exact) mass is 448 g/mol. The highest BCUT2D eigenvalue weighted by Gasteiger charge is 2.35. The molecule has 0 saturated heterocycles. The van der Waals surface area contributed by atoms with E-state index in [2.05, 4.69) is 13.5 Å². The highest BCUT2D eigenvalue weighted by atomic mass is 32.2. The van der Waals surface area contributed by atoms with Gasteiger partial charge in [-0.15, -0.1) is 6.58 Å². The van der Waals surface area contributed by atoms with Crippen LogP contribution in [0.3, 0.4) is 0 Å². The molecule has 0 fully saturated rings. The van der Waals surface area contributed by atoms with Gasteiger partial charge in [0.1, 0.15) is 0 Å². The van der Waals surface area contributed by atoms with Crippen molar-refractivity contribution in [3.8, 4) is 0 Å². The Morgan fingerprint density at radius 2 is 1.37 bits per heavy atom. The zero-order chi connectivity index (χ0) is 22.7. The third-order valence-electron chi connectivity index (χ3n) is 4.80. The summed E-state index contributed by atoms with van der Waals surface area (Å²) in [6.07, 6.45) is 15.2. The van der Waals surface area contributed by atoms with E-state index in [9.17, 15) is 22.6 Å². The predicted octanol–water partition coefficient (Wildman–Crippen LogP) is 5.00. The van der Waals surface area contributed by atoms with E-state index >= 15 is 0 Å². The Morgan fingerprint density at radius 3 is 1.83 bits per heavy atom. The molecule has 30 heavy (non-hydrogen) atoms. The third kappa shape index (κ3) is 16.4. The van der Waals surface area contributed by atoms with Crippen molar-refractivity contribution in [1.82, 2.24) is 0 Å². The van der Waals surface area contributed by atoms with Gasteiger partial charge in [0.2, 0.25) is 0 Å². The molecule has 176 valence electrons. The number of hydrogen-bond donors (Lipinski definition) is 1. The lowest BCUT2D eigenvalue weighted by molar-refractivity contribution is -0.150. The SMILES string of the molecule is C=CCCOC(=O)CC(C(=O)OCCCCCCCCCCCCCC)S(=O)(=O)O. The molecular formula is C22H40O7S. The maximum absolute atomic E-state index is 12.0. The number of unbranched alkanes of at least 4 members (excludes halogenated alkanes) is 11. The minimum atomic E-state index is -4.75. The van der Waals surface area contributed by atoms with Crippen LogP contribution >= 0.6 is 0 Å². The highest BCUT2D eigenvalue weighted by molar-refractivity contribution is 7.87. The largest absolute Gasteiger partial charge is 0.465 e. The molecule has 7 nitrogen and oxygen atoms in total. The van der Waals surface area contributed by atoms with E-state index in [-0.39, 0.29) is 13.2 Å². The molecule has 0 aliphatic heterocycles. The number of rotatable bonds is 20. The van der Waals surface area contributed by atoms with Crippen molar-refractivity contribution in [1.29, 1.82) is 0 Å². The van der Waals surface area contributed by atoms with Gasteiger partial charge in [-0.1, -0.05) is 83.6 Å². The third-order valence-corrected chi connectivity index (χ3v) is 5.88. The van der Waals surface area contributed by atoms with Gasteiger partial charge in [-0.3, -0.25) is 14.1 Å². The lowest BCUT2D eigenvalue weighted by Gasteiger charge is -2.13. The van der Waals surface area contributed by atoms with Gasteiger partial charge in [0, 0.05) is 0 Å². The van der Waals surface area contributed by atoms with Crippen LogP contribution in [0.1, 0.15) is 96.8 Å². The fourth-order valence-electron chi connectivity index (χ4n) is 2.99. The molecule has 0 rings (SSSR count). The number of esters is 2. The van der Waals surface area contributed by atoms with Crippen molar-refractivity contribution in [2.75, 3.05) is 13.2 Å². The molecule has 0 heterocycles. The average Bonchev–Trinajstić information content (AvgIpc) is 2.69. The highest BCUT2D eigenvalue weighted by Crippen LogP contribution is 2.13. The molecule has 1 atom stereocenters. The Hall–Kier alpha value is -1.41. The van der Waals surface area contributed by atoms with Gasteiger partial charge in [0.05, 0.1) is 19.6 Å². The molecule has 0 aliphatic rings. The summed E-state index contributed by atoms with van der Waals surface area (Å²) in [6.45, 7) is 5.79. The summed E-state index contributed by atoms with van der Waals surface area (Å²) < 4.78 is 41.8. The van der Waals surface area contributed by atoms with Crippen molar-refractivity contribution in [3.05, 3.63) is 12.7 Å². The van der Waals surface area contributed by atoms with Gasteiger partial charge in [0.25, 0.3) is 10.1 Å². The van der Waals surface area contributed by atoms with Crippen LogP contribution in [-0.2, 0) is 29.2 Å². The zero-order valence-corrected chi connectivity index (χ0v) is 19.3. The van der Waals surface area contributed by atoms with Crippen LogP contribution in [-0.4, -0.2) is 43.4 Å². The van der Waals surface area contributed by atoms with Gasteiger partial charge >= 0.3 is 11.9 Å². The lowest BCUT2D eigenvalue weighted by atomic mass is 10.1. The molecule has 0 radical (unpaired) electrons. The van der Waals surface area contributed by atoms with Crippen molar-refractivity contribution < 1.29 is 32.0 Å². The Bertz CT molecular complexity index is 572. The summed E-state index contributed by atoms with van der Waals surface area (Å²) >= 11 is 0. The normalized spacial score (nSPS) is 12.3. The fraction of sp³-hybridized carbons (Fsp3) is 0.818. The van der Waals surface area contributed by atoms with Crippen molar-refractivity contribution in [3.63, 3.8) is 0 Å². The Morgan fingerprint density at radius 1 is 0.867 bits per heavy atom. The summed E-state index contributed by atoms with van der Waals surface area (Å²) in [5, 5.41) is -1.95. The molecule has 0 aromatic carbocycles. The second kappa shape index (κ2) is 18.4. The van der Waals surface area contributed by atoms with Crippen molar-refractivity contribution >= 4 is 22.1 Å². The molecule has 0 aromatic heterocycles. The van der Waals surface area contributed by atoms with E-state index in [1.807, 2.05) is 0 Å². The average molecular weight is 449 g/mol. The summed E-state index contributed by atoms with van der Waals surface area (Å²) in [7, 11) is -4.75. The number of ether oxygens (including phenoxy) is 2. The summed E-state index contributed by atoms with van der Waals surface area (Å²) in [4.78, 5) is 23.6. The van der Waals surface area contributed by atoms with Gasteiger partial charge in [0.15, 0.2) is 5.25 Å². The van der Waals surface area contributed by atoms with E-state index in [0.717, 1.165) is 19.3 Å². The topological polar surface area (TPSA) is 107 Å². The Labute approximate surface area is 182 Å². The first-order valence-electron chi connectivity index (χ1n) is 11.2. The number of carbonyl (C=O) groups is 2. The quantitative estimate of drug-likeness (QED) is 0.121. The number of hydrogen-bond acceptors (Lipinski definition) is 6. The van der Waals surface area contributed by atoms with Gasteiger partial charge in [-0.25, -0.2) is 0 Å². The maximum Gasteiger partial charge on any atom is 0.327 e. The minimum absolute atomic E-state index is 0.0361. The van der Waals surface area contributed by atoms with E-state index in [1.165, 1.54) is 57.4 Å². The molecule has 0 spiro atoms. The first kappa shape index (κ1) is 28.6. The van der Waals surface area contributed by atoms with Crippen LogP contribution in [0.15, 0.2) is 12.7 Å². The van der Waals surface area contributed by atoms with Crippen LogP contribution in [0.25, 0.3) is 0 Å². The summed E-state index contributed by atoms with van der Waals surface area (Å²) in [6, 6.07) is 0. The van der Waals surface area contributed by atoms with Gasteiger partial charge in [-0.05, 0) is 12.8 Å².